The number of halogens is 1. The van der Waals surface area contributed by atoms with E-state index in [2.05, 4.69) is 40.5 Å². The third kappa shape index (κ3) is 2.80. The Kier molecular flexibility index (Phi) is 4.93. The SMILES string of the molecule is CCN(c1ccccc1)c1c(CCCl)c(C)c(C#N)c2nc3ccccc3n12. The lowest BCUT2D eigenvalue weighted by molar-refractivity contribution is 0.937. The molecule has 0 amide bonds. The molecule has 0 radical (unpaired) electrons. The molecule has 0 fully saturated rings. The predicted molar refractivity (Wildman–Crippen MR) is 116 cm³/mol. The van der Waals surface area contributed by atoms with Crippen molar-refractivity contribution in [1.29, 1.82) is 5.26 Å². The quantitative estimate of drug-likeness (QED) is 0.417. The zero-order valence-electron chi connectivity index (χ0n) is 16.0. The normalized spacial score (nSPS) is 11.1. The summed E-state index contributed by atoms with van der Waals surface area (Å²) in [6.07, 6.45) is 0.684. The smallest absolute Gasteiger partial charge is 0.157 e. The summed E-state index contributed by atoms with van der Waals surface area (Å²) in [7, 11) is 0. The van der Waals surface area contributed by atoms with E-state index < -0.39 is 0 Å². The number of benzene rings is 2. The van der Waals surface area contributed by atoms with Crippen molar-refractivity contribution in [1.82, 2.24) is 9.38 Å². The van der Waals surface area contributed by atoms with E-state index in [1.807, 2.05) is 43.3 Å². The molecular formula is C23H21ClN4. The molecule has 0 aliphatic heterocycles. The van der Waals surface area contributed by atoms with Crippen molar-refractivity contribution in [3.8, 4) is 6.07 Å². The summed E-state index contributed by atoms with van der Waals surface area (Å²) in [4.78, 5) is 7.07. The monoisotopic (exact) mass is 388 g/mol. The van der Waals surface area contributed by atoms with Crippen LogP contribution in [-0.2, 0) is 6.42 Å². The van der Waals surface area contributed by atoms with Gasteiger partial charge in [0.15, 0.2) is 5.65 Å². The number of fused-ring (bicyclic) bond motifs is 3. The van der Waals surface area contributed by atoms with Gasteiger partial charge in [0.2, 0.25) is 0 Å². The summed E-state index contributed by atoms with van der Waals surface area (Å²) in [6, 6.07) is 20.7. The molecule has 0 aliphatic rings. The van der Waals surface area contributed by atoms with Gasteiger partial charge in [0, 0.05) is 18.1 Å². The van der Waals surface area contributed by atoms with Gasteiger partial charge < -0.3 is 4.90 Å². The number of alkyl halides is 1. The summed E-state index contributed by atoms with van der Waals surface area (Å²) >= 11 is 6.19. The summed E-state index contributed by atoms with van der Waals surface area (Å²) < 4.78 is 2.12. The van der Waals surface area contributed by atoms with E-state index in [1.165, 1.54) is 0 Å². The molecule has 2 heterocycles. The maximum atomic E-state index is 9.89. The fourth-order valence-electron chi connectivity index (χ4n) is 3.90. The molecule has 0 atom stereocenters. The first kappa shape index (κ1) is 18.3. The molecule has 0 saturated heterocycles. The number of para-hydroxylation sites is 3. The Morgan fingerprint density at radius 3 is 2.50 bits per heavy atom. The average Bonchev–Trinajstić information content (AvgIpc) is 3.10. The highest BCUT2D eigenvalue weighted by molar-refractivity contribution is 6.18. The molecule has 0 spiro atoms. The van der Waals surface area contributed by atoms with Crippen molar-refractivity contribution in [2.24, 2.45) is 0 Å². The molecule has 28 heavy (non-hydrogen) atoms. The second-order valence-electron chi connectivity index (χ2n) is 6.69. The van der Waals surface area contributed by atoms with Crippen molar-refractivity contribution < 1.29 is 0 Å². The van der Waals surface area contributed by atoms with E-state index in [-0.39, 0.29) is 0 Å². The highest BCUT2D eigenvalue weighted by Crippen LogP contribution is 2.36. The van der Waals surface area contributed by atoms with Crippen molar-refractivity contribution in [2.45, 2.75) is 20.3 Å². The van der Waals surface area contributed by atoms with Crippen molar-refractivity contribution in [2.75, 3.05) is 17.3 Å². The molecule has 4 nitrogen and oxygen atoms in total. The Morgan fingerprint density at radius 2 is 1.82 bits per heavy atom. The van der Waals surface area contributed by atoms with Crippen LogP contribution < -0.4 is 4.90 Å². The van der Waals surface area contributed by atoms with Crippen molar-refractivity contribution >= 4 is 39.8 Å². The molecule has 0 bridgehead atoms. The van der Waals surface area contributed by atoms with Crippen LogP contribution in [-0.4, -0.2) is 21.8 Å². The lowest BCUT2D eigenvalue weighted by Gasteiger charge is -2.28. The van der Waals surface area contributed by atoms with E-state index in [0.29, 0.717) is 23.5 Å². The number of nitrogens with zero attached hydrogens (tertiary/aromatic N) is 4. The van der Waals surface area contributed by atoms with Gasteiger partial charge in [-0.05, 0) is 55.7 Å². The van der Waals surface area contributed by atoms with Gasteiger partial charge in [0.1, 0.15) is 11.9 Å². The van der Waals surface area contributed by atoms with Crippen molar-refractivity contribution in [3.63, 3.8) is 0 Å². The number of imidazole rings is 1. The van der Waals surface area contributed by atoms with E-state index >= 15 is 0 Å². The molecule has 2 aromatic heterocycles. The van der Waals surface area contributed by atoms with Crippen LogP contribution in [0.1, 0.15) is 23.6 Å². The first-order valence-electron chi connectivity index (χ1n) is 9.42. The number of pyridine rings is 1. The molecular weight excluding hydrogens is 368 g/mol. The van der Waals surface area contributed by atoms with E-state index in [1.54, 1.807) is 0 Å². The first-order chi connectivity index (χ1) is 13.7. The van der Waals surface area contributed by atoms with Crippen molar-refractivity contribution in [3.05, 3.63) is 71.3 Å². The molecule has 0 aliphatic carbocycles. The second kappa shape index (κ2) is 7.53. The molecule has 5 heteroatoms. The Labute approximate surface area is 169 Å². The molecule has 0 N–H and O–H groups in total. The van der Waals surface area contributed by atoms with E-state index in [9.17, 15) is 5.26 Å². The lowest BCUT2D eigenvalue weighted by Crippen LogP contribution is -2.22. The van der Waals surface area contributed by atoms with Crippen LogP contribution >= 0.6 is 11.6 Å². The Hall–Kier alpha value is -3.03. The fourth-order valence-corrected chi connectivity index (χ4v) is 4.09. The highest BCUT2D eigenvalue weighted by Gasteiger charge is 2.24. The minimum atomic E-state index is 0.489. The molecule has 0 unspecified atom stereocenters. The number of rotatable bonds is 5. The molecule has 0 saturated carbocycles. The average molecular weight is 389 g/mol. The van der Waals surface area contributed by atoms with Gasteiger partial charge in [-0.15, -0.1) is 11.6 Å². The number of hydrogen-bond donors (Lipinski definition) is 0. The predicted octanol–water partition coefficient (Wildman–Crippen LogP) is 5.61. The number of nitriles is 1. The maximum absolute atomic E-state index is 9.89. The number of hydrogen-bond acceptors (Lipinski definition) is 3. The van der Waals surface area contributed by atoms with Crippen LogP contribution in [0.2, 0.25) is 0 Å². The summed E-state index contributed by atoms with van der Waals surface area (Å²) in [6.45, 7) is 4.92. The summed E-state index contributed by atoms with van der Waals surface area (Å²) in [5, 5.41) is 9.89. The van der Waals surface area contributed by atoms with Crippen LogP contribution in [0.15, 0.2) is 54.6 Å². The Balaban J connectivity index is 2.19. The highest BCUT2D eigenvalue weighted by atomic mass is 35.5. The minimum absolute atomic E-state index is 0.489. The molecule has 140 valence electrons. The largest absolute Gasteiger partial charge is 0.327 e. The third-order valence-electron chi connectivity index (χ3n) is 5.19. The molecule has 2 aromatic carbocycles. The Bertz CT molecular complexity index is 1190. The van der Waals surface area contributed by atoms with Gasteiger partial charge in [0.25, 0.3) is 0 Å². The van der Waals surface area contributed by atoms with Crippen LogP contribution in [0.5, 0.6) is 0 Å². The zero-order valence-corrected chi connectivity index (χ0v) is 16.7. The minimum Gasteiger partial charge on any atom is -0.327 e. The Morgan fingerprint density at radius 1 is 1.11 bits per heavy atom. The van der Waals surface area contributed by atoms with Gasteiger partial charge >= 0.3 is 0 Å². The van der Waals surface area contributed by atoms with Crippen LogP contribution in [0, 0.1) is 18.3 Å². The molecule has 4 aromatic rings. The van der Waals surface area contributed by atoms with E-state index in [4.69, 9.17) is 16.6 Å². The van der Waals surface area contributed by atoms with Gasteiger partial charge in [-0.1, -0.05) is 30.3 Å². The topological polar surface area (TPSA) is 44.3 Å². The van der Waals surface area contributed by atoms with Crippen LogP contribution in [0.4, 0.5) is 11.5 Å². The third-order valence-corrected chi connectivity index (χ3v) is 5.38. The standard InChI is InChI=1S/C23H21ClN4/c1-3-27(17-9-5-4-6-10-17)23-18(13-14-24)16(2)19(15-25)22-26-20-11-7-8-12-21(20)28(22)23/h4-12H,3,13-14H2,1-2H3. The van der Waals surface area contributed by atoms with Crippen LogP contribution in [0.3, 0.4) is 0 Å². The van der Waals surface area contributed by atoms with E-state index in [0.717, 1.165) is 40.2 Å². The van der Waals surface area contributed by atoms with Gasteiger partial charge in [-0.25, -0.2) is 4.98 Å². The second-order valence-corrected chi connectivity index (χ2v) is 7.07. The first-order valence-corrected chi connectivity index (χ1v) is 9.96. The van der Waals surface area contributed by atoms with Gasteiger partial charge in [-0.2, -0.15) is 5.26 Å². The summed E-state index contributed by atoms with van der Waals surface area (Å²) in [5.41, 5.74) is 6.33. The zero-order chi connectivity index (χ0) is 19.7. The van der Waals surface area contributed by atoms with Crippen LogP contribution in [0.25, 0.3) is 16.7 Å². The summed E-state index contributed by atoms with van der Waals surface area (Å²) in [5.74, 6) is 1.53. The number of aromatic nitrogens is 2. The van der Waals surface area contributed by atoms with Gasteiger partial charge in [-0.3, -0.25) is 4.40 Å². The maximum Gasteiger partial charge on any atom is 0.157 e. The fraction of sp³-hybridized carbons (Fsp3) is 0.217. The van der Waals surface area contributed by atoms with Gasteiger partial charge in [0.05, 0.1) is 16.6 Å². The number of anilines is 2. The molecule has 4 rings (SSSR count). The lowest BCUT2D eigenvalue weighted by atomic mass is 10.0.